The summed E-state index contributed by atoms with van der Waals surface area (Å²) in [5.74, 6) is 1.30. The van der Waals surface area contributed by atoms with Gasteiger partial charge in [0.05, 0.1) is 25.8 Å². The molecular weight excluding hydrogens is 260 g/mol. The highest BCUT2D eigenvalue weighted by molar-refractivity contribution is 8.09. The lowest BCUT2D eigenvalue weighted by atomic mass is 10.2. The van der Waals surface area contributed by atoms with Gasteiger partial charge in [-0.1, -0.05) is 6.08 Å². The van der Waals surface area contributed by atoms with Gasteiger partial charge in [0.1, 0.15) is 0 Å². The Bertz CT molecular complexity index is 293. The molecule has 1 aliphatic rings. The van der Waals surface area contributed by atoms with Gasteiger partial charge >= 0.3 is 0 Å². The lowest BCUT2D eigenvalue weighted by Crippen LogP contribution is -2.17. The van der Waals surface area contributed by atoms with Gasteiger partial charge in [0, 0.05) is 25.7 Å². The van der Waals surface area contributed by atoms with Crippen molar-refractivity contribution in [1.29, 1.82) is 0 Å². The van der Waals surface area contributed by atoms with Crippen LogP contribution in [0.1, 0.15) is 25.7 Å². The summed E-state index contributed by atoms with van der Waals surface area (Å²) in [4.78, 5) is 0. The number of methoxy groups -OCH3 is 2. The van der Waals surface area contributed by atoms with Crippen LogP contribution in [0.15, 0.2) is 10.3 Å². The second-order valence-corrected chi connectivity index (χ2v) is 7.14. The van der Waals surface area contributed by atoms with Crippen molar-refractivity contribution in [3.63, 3.8) is 0 Å². The van der Waals surface area contributed by atoms with Gasteiger partial charge in [-0.2, -0.15) is 0 Å². The Balaban J connectivity index is 2.37. The molecule has 0 amide bonds. The zero-order valence-electron chi connectivity index (χ0n) is 10.3. The highest BCUT2D eigenvalue weighted by Crippen LogP contribution is 2.18. The second-order valence-electron chi connectivity index (χ2n) is 3.81. The van der Waals surface area contributed by atoms with Crippen LogP contribution in [-0.2, 0) is 31.1 Å². The van der Waals surface area contributed by atoms with Crippen LogP contribution in [0, 0.1) is 0 Å². The van der Waals surface area contributed by atoms with E-state index in [4.69, 9.17) is 9.47 Å². The van der Waals surface area contributed by atoms with Crippen LogP contribution in [0.25, 0.3) is 0 Å². The molecule has 100 valence electrons. The first-order valence-corrected chi connectivity index (χ1v) is 8.35. The molecule has 4 nitrogen and oxygen atoms in total. The highest BCUT2D eigenvalue weighted by Gasteiger charge is 2.20. The van der Waals surface area contributed by atoms with E-state index in [0.717, 1.165) is 25.7 Å². The standard InChI is InChI=1S/C11H20O4S2/c1-14-10(15-2)6-3-4-7-11-16(12)8-5-9-17(11)13/h7,10H,3-6,8-9H2,1-2H3. The first-order valence-electron chi connectivity index (χ1n) is 5.71. The predicted molar refractivity (Wildman–Crippen MR) is 70.4 cm³/mol. The summed E-state index contributed by atoms with van der Waals surface area (Å²) in [5, 5.41) is 0. The molecule has 1 heterocycles. The number of hydrogen-bond donors (Lipinski definition) is 0. The van der Waals surface area contributed by atoms with Gasteiger partial charge in [-0.05, 0) is 25.7 Å². The molecule has 6 heteroatoms. The van der Waals surface area contributed by atoms with Gasteiger partial charge < -0.3 is 9.47 Å². The minimum absolute atomic E-state index is 0.184. The van der Waals surface area contributed by atoms with Gasteiger partial charge in [0.2, 0.25) is 0 Å². The van der Waals surface area contributed by atoms with E-state index in [-0.39, 0.29) is 6.29 Å². The van der Waals surface area contributed by atoms with Gasteiger partial charge in [0.25, 0.3) is 0 Å². The Morgan fingerprint density at radius 1 is 1.24 bits per heavy atom. The third-order valence-electron chi connectivity index (χ3n) is 2.59. The van der Waals surface area contributed by atoms with Crippen molar-refractivity contribution in [2.75, 3.05) is 25.7 Å². The van der Waals surface area contributed by atoms with Crippen LogP contribution in [0.3, 0.4) is 0 Å². The first-order chi connectivity index (χ1) is 8.19. The van der Waals surface area contributed by atoms with Crippen molar-refractivity contribution in [3.8, 4) is 0 Å². The predicted octanol–water partition coefficient (Wildman–Crippen LogP) is 1.52. The molecule has 1 aliphatic heterocycles. The van der Waals surface area contributed by atoms with Crippen LogP contribution in [0.4, 0.5) is 0 Å². The van der Waals surface area contributed by atoms with E-state index in [9.17, 15) is 8.42 Å². The first kappa shape index (κ1) is 15.0. The zero-order chi connectivity index (χ0) is 12.7. The fourth-order valence-electron chi connectivity index (χ4n) is 1.65. The van der Waals surface area contributed by atoms with E-state index in [1.54, 1.807) is 14.2 Å². The number of rotatable bonds is 6. The SMILES string of the molecule is COC(CCCC=C1S(=O)CCCS1=O)OC. The molecule has 0 spiro atoms. The summed E-state index contributed by atoms with van der Waals surface area (Å²) < 4.78 is 34.1. The Morgan fingerprint density at radius 3 is 2.35 bits per heavy atom. The molecule has 0 bridgehead atoms. The number of allylic oxidation sites excluding steroid dienone is 1. The monoisotopic (exact) mass is 280 g/mol. The molecule has 1 rings (SSSR count). The van der Waals surface area contributed by atoms with Crippen LogP contribution in [-0.4, -0.2) is 40.4 Å². The quantitative estimate of drug-likeness (QED) is 0.547. The summed E-state index contributed by atoms with van der Waals surface area (Å²) in [6.07, 6.45) is 4.92. The molecule has 0 radical (unpaired) electrons. The average Bonchev–Trinajstić information content (AvgIpc) is 2.32. The molecule has 2 unspecified atom stereocenters. The van der Waals surface area contributed by atoms with Crippen LogP contribution in [0.5, 0.6) is 0 Å². The normalized spacial score (nSPS) is 25.2. The smallest absolute Gasteiger partial charge is 0.156 e. The van der Waals surface area contributed by atoms with Gasteiger partial charge in [-0.15, -0.1) is 0 Å². The van der Waals surface area contributed by atoms with E-state index in [1.807, 2.05) is 6.08 Å². The zero-order valence-corrected chi connectivity index (χ0v) is 12.0. The molecule has 0 aliphatic carbocycles. The Labute approximate surface area is 108 Å². The highest BCUT2D eigenvalue weighted by atomic mass is 32.2. The summed E-state index contributed by atoms with van der Waals surface area (Å²) in [5.41, 5.74) is 0. The summed E-state index contributed by atoms with van der Waals surface area (Å²) in [7, 11) is 1.16. The van der Waals surface area contributed by atoms with Crippen LogP contribution in [0.2, 0.25) is 0 Å². The molecule has 17 heavy (non-hydrogen) atoms. The maximum absolute atomic E-state index is 11.6. The van der Waals surface area contributed by atoms with Gasteiger partial charge in [-0.25, -0.2) is 0 Å². The van der Waals surface area contributed by atoms with Crippen molar-refractivity contribution in [3.05, 3.63) is 10.3 Å². The average molecular weight is 280 g/mol. The largest absolute Gasteiger partial charge is 0.356 e. The third kappa shape index (κ3) is 4.99. The maximum atomic E-state index is 11.6. The Hall–Kier alpha value is -0.0400. The molecule has 1 fully saturated rings. The lowest BCUT2D eigenvalue weighted by Gasteiger charge is -2.14. The minimum Gasteiger partial charge on any atom is -0.356 e. The van der Waals surface area contributed by atoms with Crippen LogP contribution >= 0.6 is 0 Å². The molecule has 2 atom stereocenters. The van der Waals surface area contributed by atoms with Crippen LogP contribution < -0.4 is 0 Å². The van der Waals surface area contributed by atoms with E-state index in [2.05, 4.69) is 0 Å². The summed E-state index contributed by atoms with van der Waals surface area (Å²) in [6, 6.07) is 0. The van der Waals surface area contributed by atoms with Crippen molar-refractivity contribution in [2.24, 2.45) is 0 Å². The molecule has 0 aromatic carbocycles. The lowest BCUT2D eigenvalue weighted by molar-refractivity contribution is -0.106. The van der Waals surface area contributed by atoms with Gasteiger partial charge in [0.15, 0.2) is 6.29 Å². The van der Waals surface area contributed by atoms with Gasteiger partial charge in [-0.3, -0.25) is 8.42 Å². The van der Waals surface area contributed by atoms with E-state index < -0.39 is 21.6 Å². The fourth-order valence-corrected chi connectivity index (χ4v) is 4.98. The third-order valence-corrected chi connectivity index (χ3v) is 6.25. The maximum Gasteiger partial charge on any atom is 0.156 e. The topological polar surface area (TPSA) is 52.6 Å². The van der Waals surface area contributed by atoms with Crippen molar-refractivity contribution >= 4 is 21.6 Å². The molecular formula is C11H20O4S2. The van der Waals surface area contributed by atoms with Crippen molar-refractivity contribution in [2.45, 2.75) is 32.0 Å². The van der Waals surface area contributed by atoms with Crippen molar-refractivity contribution < 1.29 is 17.9 Å². The second kappa shape index (κ2) is 8.13. The molecule has 0 aromatic rings. The van der Waals surface area contributed by atoms with Crippen molar-refractivity contribution in [1.82, 2.24) is 0 Å². The molecule has 0 aromatic heterocycles. The van der Waals surface area contributed by atoms with E-state index >= 15 is 0 Å². The molecule has 0 saturated carbocycles. The molecule has 1 saturated heterocycles. The number of unbranched alkanes of at least 4 members (excludes halogenated alkanes) is 1. The fraction of sp³-hybridized carbons (Fsp3) is 0.818. The van der Waals surface area contributed by atoms with E-state index in [1.165, 1.54) is 0 Å². The number of ether oxygens (including phenoxy) is 2. The molecule has 0 N–H and O–H groups in total. The van der Waals surface area contributed by atoms with E-state index in [0.29, 0.717) is 15.7 Å². The Kier molecular flexibility index (Phi) is 7.18. The summed E-state index contributed by atoms with van der Waals surface area (Å²) >= 11 is 0. The summed E-state index contributed by atoms with van der Waals surface area (Å²) in [6.45, 7) is 0. The minimum atomic E-state index is -1.03. The Morgan fingerprint density at radius 2 is 1.82 bits per heavy atom. The number of hydrogen-bond acceptors (Lipinski definition) is 4.